The molecule has 0 unspecified atom stereocenters. The minimum atomic E-state index is -0.268. The van der Waals surface area contributed by atoms with Crippen LogP contribution in [0.1, 0.15) is 28.9 Å². The molecule has 0 spiro atoms. The quantitative estimate of drug-likeness (QED) is 0.933. The molecule has 1 fully saturated rings. The number of nitrogens with two attached hydrogens (primary N) is 1. The highest BCUT2D eigenvalue weighted by Crippen LogP contribution is 2.19. The number of likely N-dealkylation sites (tertiary alicyclic amines) is 1. The Kier molecular flexibility index (Phi) is 4.14. The number of nitrogens with zero attached hydrogens (tertiary/aromatic N) is 3. The normalized spacial score (nSPS) is 15.6. The molecular formula is C17H20N4O2. The highest BCUT2D eigenvalue weighted by molar-refractivity contribution is 5.94. The molecule has 1 aromatic carbocycles. The average Bonchev–Trinajstić information content (AvgIpc) is 3.01. The smallest absolute Gasteiger partial charge is 0.253 e. The first-order valence-electron chi connectivity index (χ1n) is 7.76. The van der Waals surface area contributed by atoms with Crippen molar-refractivity contribution in [2.24, 2.45) is 11.7 Å². The van der Waals surface area contributed by atoms with Gasteiger partial charge in [-0.25, -0.2) is 4.68 Å². The van der Waals surface area contributed by atoms with Gasteiger partial charge in [0.15, 0.2) is 0 Å². The van der Waals surface area contributed by atoms with Crippen LogP contribution in [-0.2, 0) is 4.79 Å². The lowest BCUT2D eigenvalue weighted by atomic mass is 9.96. The molecule has 0 radical (unpaired) electrons. The van der Waals surface area contributed by atoms with Gasteiger partial charge >= 0.3 is 0 Å². The summed E-state index contributed by atoms with van der Waals surface area (Å²) >= 11 is 0. The van der Waals surface area contributed by atoms with Crippen LogP contribution in [0.5, 0.6) is 0 Å². The molecule has 23 heavy (non-hydrogen) atoms. The lowest BCUT2D eigenvalue weighted by molar-refractivity contribution is -0.123. The van der Waals surface area contributed by atoms with Gasteiger partial charge < -0.3 is 10.6 Å². The molecule has 1 aromatic heterocycles. The Balaban J connectivity index is 1.68. The van der Waals surface area contributed by atoms with Gasteiger partial charge in [-0.2, -0.15) is 5.10 Å². The maximum absolute atomic E-state index is 12.5. The number of carbonyl (C=O) groups is 2. The van der Waals surface area contributed by atoms with Crippen molar-refractivity contribution in [2.45, 2.75) is 19.8 Å². The maximum Gasteiger partial charge on any atom is 0.253 e. The molecule has 0 saturated carbocycles. The average molecular weight is 312 g/mol. The number of benzene rings is 1. The summed E-state index contributed by atoms with van der Waals surface area (Å²) in [5, 5.41) is 4.35. The van der Waals surface area contributed by atoms with Crippen molar-refractivity contribution in [2.75, 3.05) is 13.1 Å². The first-order valence-corrected chi connectivity index (χ1v) is 7.76. The topological polar surface area (TPSA) is 81.2 Å². The Bertz CT molecular complexity index is 712. The van der Waals surface area contributed by atoms with Gasteiger partial charge in [0.1, 0.15) is 0 Å². The highest BCUT2D eigenvalue weighted by Gasteiger charge is 2.26. The second-order valence-electron chi connectivity index (χ2n) is 5.92. The SMILES string of the molecule is Cc1ccn(-c2ccc(C(=O)N3CCC(C(N)=O)CC3)cc2)n1. The largest absolute Gasteiger partial charge is 0.369 e. The monoisotopic (exact) mass is 312 g/mol. The number of aryl methyl sites for hydroxylation is 1. The molecule has 0 aliphatic carbocycles. The van der Waals surface area contributed by atoms with E-state index in [-0.39, 0.29) is 17.7 Å². The number of hydrogen-bond donors (Lipinski definition) is 1. The van der Waals surface area contributed by atoms with Crippen LogP contribution in [0.2, 0.25) is 0 Å². The van der Waals surface area contributed by atoms with Crippen LogP contribution in [0.25, 0.3) is 5.69 Å². The molecule has 120 valence electrons. The van der Waals surface area contributed by atoms with Crippen molar-refractivity contribution in [3.8, 4) is 5.69 Å². The van der Waals surface area contributed by atoms with E-state index in [9.17, 15) is 9.59 Å². The minimum absolute atomic E-state index is 0.00360. The lowest BCUT2D eigenvalue weighted by Gasteiger charge is -2.30. The van der Waals surface area contributed by atoms with Crippen LogP contribution < -0.4 is 5.73 Å². The van der Waals surface area contributed by atoms with E-state index in [4.69, 9.17) is 5.73 Å². The van der Waals surface area contributed by atoms with E-state index in [1.807, 2.05) is 43.5 Å². The van der Waals surface area contributed by atoms with Gasteiger partial charge in [0.25, 0.3) is 5.91 Å². The van der Waals surface area contributed by atoms with E-state index >= 15 is 0 Å². The van der Waals surface area contributed by atoms with Crippen molar-refractivity contribution in [3.05, 3.63) is 47.8 Å². The zero-order chi connectivity index (χ0) is 16.4. The van der Waals surface area contributed by atoms with Crippen LogP contribution in [0, 0.1) is 12.8 Å². The molecule has 1 aliphatic rings. The number of aromatic nitrogens is 2. The van der Waals surface area contributed by atoms with Gasteiger partial charge in [-0.05, 0) is 50.1 Å². The number of carbonyl (C=O) groups excluding carboxylic acids is 2. The number of piperidine rings is 1. The zero-order valence-electron chi connectivity index (χ0n) is 13.1. The highest BCUT2D eigenvalue weighted by atomic mass is 16.2. The molecule has 6 heteroatoms. The van der Waals surface area contributed by atoms with Gasteiger partial charge in [-0.3, -0.25) is 9.59 Å². The van der Waals surface area contributed by atoms with Crippen molar-refractivity contribution >= 4 is 11.8 Å². The molecule has 6 nitrogen and oxygen atoms in total. The van der Waals surface area contributed by atoms with Crippen LogP contribution >= 0.6 is 0 Å². The Morgan fingerprint density at radius 2 is 1.78 bits per heavy atom. The van der Waals surface area contributed by atoms with E-state index in [0.29, 0.717) is 31.5 Å². The first-order chi connectivity index (χ1) is 11.0. The Morgan fingerprint density at radius 1 is 1.13 bits per heavy atom. The molecular weight excluding hydrogens is 292 g/mol. The fraction of sp³-hybridized carbons (Fsp3) is 0.353. The van der Waals surface area contributed by atoms with Gasteiger partial charge in [-0.15, -0.1) is 0 Å². The van der Waals surface area contributed by atoms with Crippen molar-refractivity contribution in [1.29, 1.82) is 0 Å². The van der Waals surface area contributed by atoms with Crippen LogP contribution in [0.3, 0.4) is 0 Å². The fourth-order valence-corrected chi connectivity index (χ4v) is 2.87. The number of amides is 2. The van der Waals surface area contributed by atoms with Crippen molar-refractivity contribution in [3.63, 3.8) is 0 Å². The van der Waals surface area contributed by atoms with Crippen LogP contribution in [0.15, 0.2) is 36.5 Å². The second kappa shape index (κ2) is 6.24. The third-order valence-corrected chi connectivity index (χ3v) is 4.29. The van der Waals surface area contributed by atoms with Gasteiger partial charge in [0, 0.05) is 30.8 Å². The zero-order valence-corrected chi connectivity index (χ0v) is 13.1. The molecule has 3 rings (SSSR count). The molecule has 2 heterocycles. The maximum atomic E-state index is 12.5. The van der Waals surface area contributed by atoms with E-state index in [1.165, 1.54) is 0 Å². The fourth-order valence-electron chi connectivity index (χ4n) is 2.87. The first kappa shape index (κ1) is 15.3. The number of hydrogen-bond acceptors (Lipinski definition) is 3. The summed E-state index contributed by atoms with van der Waals surface area (Å²) < 4.78 is 1.78. The molecule has 1 aliphatic heterocycles. The third-order valence-electron chi connectivity index (χ3n) is 4.29. The minimum Gasteiger partial charge on any atom is -0.369 e. The summed E-state index contributed by atoms with van der Waals surface area (Å²) in [5.74, 6) is -0.378. The van der Waals surface area contributed by atoms with Crippen molar-refractivity contribution in [1.82, 2.24) is 14.7 Å². The molecule has 0 bridgehead atoms. The van der Waals surface area contributed by atoms with E-state index in [2.05, 4.69) is 5.10 Å². The van der Waals surface area contributed by atoms with E-state index in [0.717, 1.165) is 11.4 Å². The summed E-state index contributed by atoms with van der Waals surface area (Å²) in [6.07, 6.45) is 3.18. The molecule has 2 amide bonds. The Morgan fingerprint density at radius 3 is 2.30 bits per heavy atom. The summed E-state index contributed by atoms with van der Waals surface area (Å²) in [5.41, 5.74) is 7.84. The molecule has 2 aromatic rings. The van der Waals surface area contributed by atoms with Gasteiger partial charge in [-0.1, -0.05) is 0 Å². The molecule has 2 N–H and O–H groups in total. The Hall–Kier alpha value is -2.63. The van der Waals surface area contributed by atoms with E-state index < -0.39 is 0 Å². The standard InChI is InChI=1S/C17H20N4O2/c1-12-6-11-21(19-12)15-4-2-14(3-5-15)17(23)20-9-7-13(8-10-20)16(18)22/h2-6,11,13H,7-10H2,1H3,(H2,18,22). The number of primary amides is 1. The number of rotatable bonds is 3. The van der Waals surface area contributed by atoms with Gasteiger partial charge in [0.2, 0.25) is 5.91 Å². The molecule has 0 atom stereocenters. The van der Waals surface area contributed by atoms with Crippen LogP contribution in [0.4, 0.5) is 0 Å². The second-order valence-corrected chi connectivity index (χ2v) is 5.92. The lowest BCUT2D eigenvalue weighted by Crippen LogP contribution is -2.41. The summed E-state index contributed by atoms with van der Waals surface area (Å²) in [6.45, 7) is 3.09. The van der Waals surface area contributed by atoms with Gasteiger partial charge in [0.05, 0.1) is 11.4 Å². The van der Waals surface area contributed by atoms with Crippen LogP contribution in [-0.4, -0.2) is 39.6 Å². The van der Waals surface area contributed by atoms with E-state index in [1.54, 1.807) is 9.58 Å². The van der Waals surface area contributed by atoms with Crippen molar-refractivity contribution < 1.29 is 9.59 Å². The summed E-state index contributed by atoms with van der Waals surface area (Å²) in [4.78, 5) is 25.5. The molecule has 1 saturated heterocycles. The predicted octanol–water partition coefficient (Wildman–Crippen LogP) is 1.52. The summed E-state index contributed by atoms with van der Waals surface area (Å²) in [7, 11) is 0. The predicted molar refractivity (Wildman–Crippen MR) is 86.1 cm³/mol. The third kappa shape index (κ3) is 3.26. The summed E-state index contributed by atoms with van der Waals surface area (Å²) in [6, 6.07) is 9.33. The Labute approximate surface area is 134 Å².